The van der Waals surface area contributed by atoms with Gasteiger partial charge in [0.1, 0.15) is 0 Å². The van der Waals surface area contributed by atoms with Crippen molar-refractivity contribution >= 4 is 11.3 Å². The number of hydrogen-bond acceptors (Lipinski definition) is 4. The standard InChI is InChI=1S/C11H19N3S/c1-11(2)5-9(11)13-6-8-7-15-10(14-8)3-4-12/h7,9,13H,3-6,12H2,1-2H3. The third-order valence-electron chi connectivity index (χ3n) is 3.00. The molecule has 0 bridgehead atoms. The number of nitrogens with one attached hydrogen (secondary N) is 1. The number of hydrogen-bond donors (Lipinski definition) is 2. The summed E-state index contributed by atoms with van der Waals surface area (Å²) in [6.45, 7) is 6.18. The second-order valence-corrected chi connectivity index (χ2v) is 5.84. The second kappa shape index (κ2) is 4.20. The Morgan fingerprint density at radius 2 is 2.40 bits per heavy atom. The van der Waals surface area contributed by atoms with E-state index in [-0.39, 0.29) is 0 Å². The van der Waals surface area contributed by atoms with Crippen LogP contribution in [0, 0.1) is 5.41 Å². The van der Waals surface area contributed by atoms with E-state index < -0.39 is 0 Å². The van der Waals surface area contributed by atoms with Gasteiger partial charge in [0, 0.05) is 24.4 Å². The van der Waals surface area contributed by atoms with Gasteiger partial charge < -0.3 is 11.1 Å². The smallest absolute Gasteiger partial charge is 0.0941 e. The largest absolute Gasteiger partial charge is 0.330 e. The maximum Gasteiger partial charge on any atom is 0.0941 e. The Labute approximate surface area is 95.1 Å². The highest BCUT2D eigenvalue weighted by atomic mass is 32.1. The summed E-state index contributed by atoms with van der Waals surface area (Å²) in [6.07, 6.45) is 2.19. The fraction of sp³-hybridized carbons (Fsp3) is 0.727. The molecule has 0 aliphatic heterocycles. The average molecular weight is 225 g/mol. The van der Waals surface area contributed by atoms with E-state index in [2.05, 4.69) is 29.5 Å². The fourth-order valence-electron chi connectivity index (χ4n) is 1.71. The van der Waals surface area contributed by atoms with E-state index in [1.54, 1.807) is 11.3 Å². The SMILES string of the molecule is CC1(C)CC1NCc1csc(CCN)n1. The van der Waals surface area contributed by atoms with Crippen molar-refractivity contribution in [2.75, 3.05) is 6.54 Å². The zero-order chi connectivity index (χ0) is 10.9. The highest BCUT2D eigenvalue weighted by Crippen LogP contribution is 2.44. The molecule has 0 amide bonds. The van der Waals surface area contributed by atoms with Gasteiger partial charge in [0.25, 0.3) is 0 Å². The average Bonchev–Trinajstić information content (AvgIpc) is 2.62. The first kappa shape index (κ1) is 11.0. The molecular formula is C11H19N3S. The molecule has 1 fully saturated rings. The lowest BCUT2D eigenvalue weighted by atomic mass is 10.2. The molecule has 1 aliphatic carbocycles. The van der Waals surface area contributed by atoms with Crippen LogP contribution in [-0.2, 0) is 13.0 Å². The van der Waals surface area contributed by atoms with E-state index in [0.717, 1.165) is 23.7 Å². The quantitative estimate of drug-likeness (QED) is 0.799. The van der Waals surface area contributed by atoms with Gasteiger partial charge >= 0.3 is 0 Å². The van der Waals surface area contributed by atoms with Gasteiger partial charge in [0.2, 0.25) is 0 Å². The molecule has 4 heteroatoms. The lowest BCUT2D eigenvalue weighted by Gasteiger charge is -2.03. The molecule has 15 heavy (non-hydrogen) atoms. The molecule has 0 radical (unpaired) electrons. The summed E-state index contributed by atoms with van der Waals surface area (Å²) in [7, 11) is 0. The molecule has 1 aromatic heterocycles. The lowest BCUT2D eigenvalue weighted by molar-refractivity contribution is 0.539. The van der Waals surface area contributed by atoms with Gasteiger partial charge in [-0.15, -0.1) is 11.3 Å². The minimum absolute atomic E-state index is 0.496. The molecule has 3 N–H and O–H groups in total. The van der Waals surface area contributed by atoms with Crippen LogP contribution in [-0.4, -0.2) is 17.6 Å². The Morgan fingerprint density at radius 1 is 1.67 bits per heavy atom. The van der Waals surface area contributed by atoms with E-state index in [1.807, 2.05) is 0 Å². The molecule has 0 aromatic carbocycles. The minimum atomic E-state index is 0.496. The molecule has 1 saturated carbocycles. The van der Waals surface area contributed by atoms with Gasteiger partial charge in [-0.2, -0.15) is 0 Å². The molecule has 0 spiro atoms. The highest BCUT2D eigenvalue weighted by Gasteiger charge is 2.45. The predicted octanol–water partition coefficient (Wildman–Crippen LogP) is 1.53. The highest BCUT2D eigenvalue weighted by molar-refractivity contribution is 7.09. The molecule has 84 valence electrons. The van der Waals surface area contributed by atoms with Crippen molar-refractivity contribution in [2.45, 2.75) is 39.3 Å². The monoisotopic (exact) mass is 225 g/mol. The number of nitrogens with two attached hydrogens (primary N) is 1. The molecule has 2 rings (SSSR count). The normalized spacial score (nSPS) is 23.0. The van der Waals surface area contributed by atoms with Crippen LogP contribution in [0.15, 0.2) is 5.38 Å². The van der Waals surface area contributed by atoms with E-state index >= 15 is 0 Å². The molecule has 1 aromatic rings. The van der Waals surface area contributed by atoms with Crippen molar-refractivity contribution in [1.82, 2.24) is 10.3 Å². The lowest BCUT2D eigenvalue weighted by Crippen LogP contribution is -2.20. The van der Waals surface area contributed by atoms with Crippen molar-refractivity contribution in [2.24, 2.45) is 11.1 Å². The third kappa shape index (κ3) is 2.77. The number of aromatic nitrogens is 1. The van der Waals surface area contributed by atoms with Crippen LogP contribution in [0.2, 0.25) is 0 Å². The van der Waals surface area contributed by atoms with Crippen LogP contribution in [0.5, 0.6) is 0 Å². The Kier molecular flexibility index (Phi) is 3.09. The molecule has 1 unspecified atom stereocenters. The Balaban J connectivity index is 1.79. The Morgan fingerprint density at radius 3 is 3.00 bits per heavy atom. The number of thiazole rings is 1. The van der Waals surface area contributed by atoms with E-state index in [4.69, 9.17) is 5.73 Å². The molecular weight excluding hydrogens is 206 g/mol. The van der Waals surface area contributed by atoms with Crippen LogP contribution in [0.4, 0.5) is 0 Å². The number of rotatable bonds is 5. The van der Waals surface area contributed by atoms with Gasteiger partial charge in [-0.3, -0.25) is 0 Å². The third-order valence-corrected chi connectivity index (χ3v) is 3.96. The summed E-state index contributed by atoms with van der Waals surface area (Å²) in [5, 5.41) is 6.82. The summed E-state index contributed by atoms with van der Waals surface area (Å²) < 4.78 is 0. The topological polar surface area (TPSA) is 50.9 Å². The van der Waals surface area contributed by atoms with Gasteiger partial charge in [0.05, 0.1) is 10.7 Å². The first-order chi connectivity index (χ1) is 7.12. The maximum absolute atomic E-state index is 5.49. The Bertz CT molecular complexity index is 332. The van der Waals surface area contributed by atoms with Crippen LogP contribution in [0.3, 0.4) is 0 Å². The summed E-state index contributed by atoms with van der Waals surface area (Å²) in [4.78, 5) is 4.52. The van der Waals surface area contributed by atoms with Crippen molar-refractivity contribution in [1.29, 1.82) is 0 Å². The van der Waals surface area contributed by atoms with Crippen molar-refractivity contribution in [3.8, 4) is 0 Å². The zero-order valence-electron chi connectivity index (χ0n) is 9.42. The van der Waals surface area contributed by atoms with E-state index in [1.165, 1.54) is 6.42 Å². The fourth-order valence-corrected chi connectivity index (χ4v) is 2.53. The Hall–Kier alpha value is -0.450. The van der Waals surface area contributed by atoms with Crippen LogP contribution in [0.25, 0.3) is 0 Å². The van der Waals surface area contributed by atoms with E-state index in [0.29, 0.717) is 18.0 Å². The van der Waals surface area contributed by atoms with Crippen molar-refractivity contribution in [3.05, 3.63) is 16.1 Å². The molecule has 1 heterocycles. The van der Waals surface area contributed by atoms with Crippen LogP contribution >= 0.6 is 11.3 Å². The molecule has 0 saturated heterocycles. The van der Waals surface area contributed by atoms with Crippen LogP contribution < -0.4 is 11.1 Å². The molecule has 1 atom stereocenters. The van der Waals surface area contributed by atoms with Gasteiger partial charge in [0.15, 0.2) is 0 Å². The van der Waals surface area contributed by atoms with Gasteiger partial charge in [-0.25, -0.2) is 4.98 Å². The first-order valence-corrected chi connectivity index (χ1v) is 6.36. The second-order valence-electron chi connectivity index (χ2n) is 4.90. The van der Waals surface area contributed by atoms with Gasteiger partial charge in [-0.1, -0.05) is 13.8 Å². The molecule has 1 aliphatic rings. The summed E-state index contributed by atoms with van der Waals surface area (Å²) in [6, 6.07) is 0.678. The zero-order valence-corrected chi connectivity index (χ0v) is 10.2. The maximum atomic E-state index is 5.49. The summed E-state index contributed by atoms with van der Waals surface area (Å²) in [5.41, 5.74) is 7.14. The first-order valence-electron chi connectivity index (χ1n) is 5.48. The van der Waals surface area contributed by atoms with Gasteiger partial charge in [-0.05, 0) is 18.4 Å². The summed E-state index contributed by atoms with van der Waals surface area (Å²) in [5.74, 6) is 0. The minimum Gasteiger partial charge on any atom is -0.330 e. The van der Waals surface area contributed by atoms with E-state index in [9.17, 15) is 0 Å². The van der Waals surface area contributed by atoms with Crippen LogP contribution in [0.1, 0.15) is 31.0 Å². The number of nitrogens with zero attached hydrogens (tertiary/aromatic N) is 1. The predicted molar refractivity (Wildman–Crippen MR) is 63.9 cm³/mol. The molecule has 3 nitrogen and oxygen atoms in total. The summed E-state index contributed by atoms with van der Waals surface area (Å²) >= 11 is 1.71. The van der Waals surface area contributed by atoms with Crippen molar-refractivity contribution in [3.63, 3.8) is 0 Å². The van der Waals surface area contributed by atoms with Crippen molar-refractivity contribution < 1.29 is 0 Å².